The largest absolute Gasteiger partial charge is 0.456 e. The van der Waals surface area contributed by atoms with E-state index >= 15 is 0 Å². The molecule has 0 saturated carbocycles. The summed E-state index contributed by atoms with van der Waals surface area (Å²) in [6.45, 7) is 0. The van der Waals surface area contributed by atoms with E-state index < -0.39 is 0 Å². The van der Waals surface area contributed by atoms with Crippen molar-refractivity contribution >= 4 is 32.7 Å². The van der Waals surface area contributed by atoms with Crippen molar-refractivity contribution in [1.82, 2.24) is 19.9 Å². The van der Waals surface area contributed by atoms with Crippen molar-refractivity contribution in [2.75, 3.05) is 0 Å². The van der Waals surface area contributed by atoms with Gasteiger partial charge in [-0.2, -0.15) is 0 Å². The summed E-state index contributed by atoms with van der Waals surface area (Å²) in [5.41, 5.74) is 9.30. The van der Waals surface area contributed by atoms with Gasteiger partial charge in [0.2, 0.25) is 0 Å². The highest BCUT2D eigenvalue weighted by Crippen LogP contribution is 2.48. The standard InChI is InChI=1S/C36H20N4O/c1-2-8-21(9-3-1)34-38-35(23-18-22-10-6-13-26-24-11-4-5-12-25(24)28(19-23)32(22)26)40-36(39-34)27-14-7-15-31-33(27)29-20-37-17-16-30(29)41-31/h1-20H. The van der Waals surface area contributed by atoms with Crippen LogP contribution >= 0.6 is 0 Å². The number of rotatable bonds is 3. The summed E-state index contributed by atoms with van der Waals surface area (Å²) in [7, 11) is 0. The predicted molar refractivity (Wildman–Crippen MR) is 163 cm³/mol. The lowest BCUT2D eigenvalue weighted by molar-refractivity contribution is 0.668. The van der Waals surface area contributed by atoms with Crippen LogP contribution in [0.4, 0.5) is 0 Å². The average Bonchev–Trinajstić information content (AvgIpc) is 3.58. The van der Waals surface area contributed by atoms with E-state index in [-0.39, 0.29) is 0 Å². The lowest BCUT2D eigenvalue weighted by atomic mass is 9.99. The van der Waals surface area contributed by atoms with Crippen LogP contribution in [0.15, 0.2) is 126 Å². The van der Waals surface area contributed by atoms with Gasteiger partial charge in [-0.15, -0.1) is 0 Å². The van der Waals surface area contributed by atoms with Crippen LogP contribution in [0.5, 0.6) is 0 Å². The number of furan rings is 1. The Hall–Kier alpha value is -5.68. The Morgan fingerprint density at radius 3 is 2.05 bits per heavy atom. The van der Waals surface area contributed by atoms with Crippen LogP contribution in [-0.2, 0) is 0 Å². The third-order valence-corrected chi connectivity index (χ3v) is 7.95. The number of aromatic nitrogens is 4. The van der Waals surface area contributed by atoms with Crippen LogP contribution in [0.25, 0.3) is 89.1 Å². The molecule has 0 atom stereocenters. The van der Waals surface area contributed by atoms with Gasteiger partial charge in [-0.3, -0.25) is 4.98 Å². The topological polar surface area (TPSA) is 64.7 Å². The van der Waals surface area contributed by atoms with Crippen molar-refractivity contribution in [2.45, 2.75) is 0 Å². The van der Waals surface area contributed by atoms with Gasteiger partial charge in [0.25, 0.3) is 0 Å². The quantitative estimate of drug-likeness (QED) is 0.231. The van der Waals surface area contributed by atoms with Crippen molar-refractivity contribution in [3.05, 3.63) is 122 Å². The Morgan fingerprint density at radius 2 is 1.17 bits per heavy atom. The number of nitrogens with zero attached hydrogens (tertiary/aromatic N) is 4. The minimum Gasteiger partial charge on any atom is -0.456 e. The van der Waals surface area contributed by atoms with Crippen molar-refractivity contribution < 1.29 is 4.42 Å². The molecule has 0 spiro atoms. The molecule has 8 aromatic rings. The van der Waals surface area contributed by atoms with Crippen molar-refractivity contribution in [1.29, 1.82) is 0 Å². The van der Waals surface area contributed by atoms with Gasteiger partial charge in [0.05, 0.1) is 0 Å². The Morgan fingerprint density at radius 1 is 0.463 bits per heavy atom. The van der Waals surface area contributed by atoms with Crippen LogP contribution in [0.1, 0.15) is 0 Å². The maximum atomic E-state index is 6.15. The molecule has 0 aliphatic heterocycles. The van der Waals surface area contributed by atoms with Gasteiger partial charge >= 0.3 is 0 Å². The van der Waals surface area contributed by atoms with Crippen LogP contribution in [-0.4, -0.2) is 19.9 Å². The maximum Gasteiger partial charge on any atom is 0.164 e. The number of benzene rings is 5. The lowest BCUT2D eigenvalue weighted by Crippen LogP contribution is -2.00. The number of pyridine rings is 1. The summed E-state index contributed by atoms with van der Waals surface area (Å²) in [5, 5.41) is 4.33. The van der Waals surface area contributed by atoms with E-state index in [0.717, 1.165) is 38.6 Å². The molecule has 5 heteroatoms. The maximum absolute atomic E-state index is 6.15. The highest BCUT2D eigenvalue weighted by Gasteiger charge is 2.23. The monoisotopic (exact) mass is 524 g/mol. The second-order valence-electron chi connectivity index (χ2n) is 10.3. The van der Waals surface area contributed by atoms with Crippen molar-refractivity contribution in [2.24, 2.45) is 0 Å². The van der Waals surface area contributed by atoms with Crippen LogP contribution in [0.2, 0.25) is 0 Å². The molecule has 190 valence electrons. The molecule has 1 aliphatic rings. The van der Waals surface area contributed by atoms with Gasteiger partial charge in [0, 0.05) is 39.9 Å². The molecule has 0 fully saturated rings. The summed E-state index contributed by atoms with van der Waals surface area (Å²) in [6, 6.07) is 37.5. The zero-order chi connectivity index (χ0) is 26.9. The predicted octanol–water partition coefficient (Wildman–Crippen LogP) is 8.97. The Bertz CT molecular complexity index is 2320. The summed E-state index contributed by atoms with van der Waals surface area (Å²) >= 11 is 0. The fourth-order valence-electron chi connectivity index (χ4n) is 6.15. The molecule has 0 unspecified atom stereocenters. The van der Waals surface area contributed by atoms with Crippen molar-refractivity contribution in [3.63, 3.8) is 0 Å². The Balaban J connectivity index is 1.33. The third kappa shape index (κ3) is 3.29. The van der Waals surface area contributed by atoms with Gasteiger partial charge in [-0.25, -0.2) is 15.0 Å². The first kappa shape index (κ1) is 22.2. The highest BCUT2D eigenvalue weighted by molar-refractivity contribution is 6.16. The molecule has 5 aromatic carbocycles. The van der Waals surface area contributed by atoms with Crippen molar-refractivity contribution in [3.8, 4) is 56.4 Å². The van der Waals surface area contributed by atoms with E-state index in [1.807, 2.05) is 60.8 Å². The van der Waals surface area contributed by atoms with E-state index in [2.05, 4.69) is 59.6 Å². The number of hydrogen-bond donors (Lipinski definition) is 0. The van der Waals surface area contributed by atoms with Gasteiger partial charge in [0.15, 0.2) is 17.5 Å². The molecule has 0 amide bonds. The average molecular weight is 525 g/mol. The molecule has 1 aliphatic carbocycles. The van der Waals surface area contributed by atoms with Crippen LogP contribution in [0, 0.1) is 0 Å². The minimum absolute atomic E-state index is 0.594. The molecular formula is C36H20N4O. The molecule has 0 N–H and O–H groups in total. The van der Waals surface area contributed by atoms with Gasteiger partial charge in [0.1, 0.15) is 11.2 Å². The molecule has 0 bridgehead atoms. The van der Waals surface area contributed by atoms with E-state index in [9.17, 15) is 0 Å². The van der Waals surface area contributed by atoms with E-state index in [1.54, 1.807) is 6.20 Å². The van der Waals surface area contributed by atoms with Crippen LogP contribution < -0.4 is 0 Å². The molecule has 3 heterocycles. The third-order valence-electron chi connectivity index (χ3n) is 7.95. The van der Waals surface area contributed by atoms with Gasteiger partial charge < -0.3 is 4.42 Å². The Labute approximate surface area is 234 Å². The van der Waals surface area contributed by atoms with E-state index in [1.165, 1.54) is 33.0 Å². The first-order valence-electron chi connectivity index (χ1n) is 13.6. The second-order valence-corrected chi connectivity index (χ2v) is 10.3. The lowest BCUT2D eigenvalue weighted by Gasteiger charge is -2.11. The minimum atomic E-state index is 0.594. The summed E-state index contributed by atoms with van der Waals surface area (Å²) in [5.74, 6) is 1.85. The molecule has 0 radical (unpaired) electrons. The fourth-order valence-corrected chi connectivity index (χ4v) is 6.15. The van der Waals surface area contributed by atoms with Crippen LogP contribution in [0.3, 0.4) is 0 Å². The second kappa shape index (κ2) is 8.41. The molecule has 3 aromatic heterocycles. The SMILES string of the molecule is c1ccc(-c2nc(-c3cc4c5c(cccc5c3)-c3ccccc3-4)nc(-c3cccc4oc5ccncc5c34)n2)cc1. The molecule has 9 rings (SSSR count). The zero-order valence-corrected chi connectivity index (χ0v) is 21.7. The van der Waals surface area contributed by atoms with Gasteiger partial charge in [-0.05, 0) is 57.3 Å². The molecular weight excluding hydrogens is 504 g/mol. The molecule has 5 nitrogen and oxygen atoms in total. The Kier molecular flexibility index (Phi) is 4.55. The number of fused-ring (bicyclic) bond motifs is 6. The first-order valence-corrected chi connectivity index (χ1v) is 13.6. The van der Waals surface area contributed by atoms with Gasteiger partial charge in [-0.1, -0.05) is 84.9 Å². The zero-order valence-electron chi connectivity index (χ0n) is 21.7. The molecule has 41 heavy (non-hydrogen) atoms. The number of hydrogen-bond acceptors (Lipinski definition) is 5. The van der Waals surface area contributed by atoms with E-state index in [4.69, 9.17) is 19.4 Å². The smallest absolute Gasteiger partial charge is 0.164 e. The fraction of sp³-hybridized carbons (Fsp3) is 0. The van der Waals surface area contributed by atoms with E-state index in [0.29, 0.717) is 17.5 Å². The normalized spacial score (nSPS) is 11.9. The summed E-state index contributed by atoms with van der Waals surface area (Å²) in [6.07, 6.45) is 3.58. The summed E-state index contributed by atoms with van der Waals surface area (Å²) in [4.78, 5) is 19.5. The molecule has 0 saturated heterocycles. The summed E-state index contributed by atoms with van der Waals surface area (Å²) < 4.78 is 6.15. The highest BCUT2D eigenvalue weighted by atomic mass is 16.3. The first-order chi connectivity index (χ1) is 20.3.